The fourth-order valence-electron chi connectivity index (χ4n) is 3.49. The summed E-state index contributed by atoms with van der Waals surface area (Å²) in [5.74, 6) is 0.255. The second-order valence-corrected chi connectivity index (χ2v) is 6.82. The zero-order valence-corrected chi connectivity index (χ0v) is 14.9. The summed E-state index contributed by atoms with van der Waals surface area (Å²) < 4.78 is 0. The number of benzene rings is 1. The van der Waals surface area contributed by atoms with E-state index < -0.39 is 5.97 Å². The van der Waals surface area contributed by atoms with Crippen LogP contribution in [-0.4, -0.2) is 49.0 Å². The molecule has 0 amide bonds. The molecule has 3 aromatic rings. The average molecular weight is 363 g/mol. The van der Waals surface area contributed by atoms with E-state index in [-0.39, 0.29) is 0 Å². The van der Waals surface area contributed by atoms with Crippen LogP contribution in [0.4, 0.5) is 0 Å². The highest BCUT2D eigenvalue weighted by Gasteiger charge is 2.22. The van der Waals surface area contributed by atoms with Crippen LogP contribution in [0.1, 0.15) is 40.4 Å². The summed E-state index contributed by atoms with van der Waals surface area (Å²) in [6, 6.07) is 7.13. The van der Waals surface area contributed by atoms with E-state index in [4.69, 9.17) is 10.1 Å². The Morgan fingerprint density at radius 3 is 2.63 bits per heavy atom. The summed E-state index contributed by atoms with van der Waals surface area (Å²) in [4.78, 5) is 29.7. The van der Waals surface area contributed by atoms with Crippen molar-refractivity contribution in [1.29, 1.82) is 0 Å². The normalized spacial score (nSPS) is 15.7. The third-order valence-corrected chi connectivity index (χ3v) is 5.01. The Bertz CT molecular complexity index is 900. The topological polar surface area (TPSA) is 95.0 Å². The van der Waals surface area contributed by atoms with Gasteiger partial charge in [0, 0.05) is 31.1 Å². The summed E-state index contributed by atoms with van der Waals surface area (Å²) in [6.45, 7) is 2.81. The number of aromatic nitrogens is 4. The number of aromatic amines is 1. The minimum Gasteiger partial charge on any atom is -0.478 e. The Morgan fingerprint density at radius 1 is 1.19 bits per heavy atom. The Labute approximate surface area is 157 Å². The number of H-pyrrole nitrogens is 1. The molecular weight excluding hydrogens is 342 g/mol. The summed E-state index contributed by atoms with van der Waals surface area (Å²) in [7, 11) is 0. The molecule has 0 radical (unpaired) electrons. The fraction of sp³-hybridized carbons (Fsp3) is 0.300. The molecule has 27 heavy (non-hydrogen) atoms. The molecule has 1 fully saturated rings. The molecule has 0 unspecified atom stereocenters. The Morgan fingerprint density at radius 2 is 1.96 bits per heavy atom. The van der Waals surface area contributed by atoms with Crippen LogP contribution in [0.15, 0.2) is 49.1 Å². The zero-order valence-electron chi connectivity index (χ0n) is 14.9. The summed E-state index contributed by atoms with van der Waals surface area (Å²) in [6.07, 6.45) is 9.15. The van der Waals surface area contributed by atoms with E-state index in [1.807, 2.05) is 18.3 Å². The van der Waals surface area contributed by atoms with Crippen LogP contribution in [-0.2, 0) is 6.54 Å². The molecule has 0 spiro atoms. The maximum absolute atomic E-state index is 10.9. The van der Waals surface area contributed by atoms with Gasteiger partial charge in [0.1, 0.15) is 5.69 Å². The molecule has 138 valence electrons. The largest absolute Gasteiger partial charge is 0.478 e. The van der Waals surface area contributed by atoms with Crippen molar-refractivity contribution in [2.45, 2.75) is 25.3 Å². The molecule has 0 saturated carbocycles. The van der Waals surface area contributed by atoms with Gasteiger partial charge >= 0.3 is 5.97 Å². The molecule has 0 bridgehead atoms. The molecular formula is C20H21N5O2. The number of carboxylic acids is 1. The lowest BCUT2D eigenvalue weighted by molar-refractivity contribution is 0.0697. The highest BCUT2D eigenvalue weighted by atomic mass is 16.4. The Kier molecular flexibility index (Phi) is 4.93. The molecule has 0 aliphatic carbocycles. The molecule has 2 aromatic heterocycles. The lowest BCUT2D eigenvalue weighted by Crippen LogP contribution is -2.32. The van der Waals surface area contributed by atoms with Gasteiger partial charge in [-0.15, -0.1) is 0 Å². The van der Waals surface area contributed by atoms with Crippen molar-refractivity contribution in [1.82, 2.24) is 24.8 Å². The van der Waals surface area contributed by atoms with Gasteiger partial charge in [-0.25, -0.2) is 14.8 Å². The van der Waals surface area contributed by atoms with Crippen molar-refractivity contribution < 1.29 is 9.90 Å². The third kappa shape index (κ3) is 4.03. The van der Waals surface area contributed by atoms with Crippen LogP contribution in [0.25, 0.3) is 11.5 Å². The van der Waals surface area contributed by atoms with Crippen LogP contribution in [0.3, 0.4) is 0 Å². The van der Waals surface area contributed by atoms with Crippen LogP contribution in [0.5, 0.6) is 0 Å². The van der Waals surface area contributed by atoms with Gasteiger partial charge in [0.25, 0.3) is 0 Å². The minimum absolute atomic E-state index is 0.326. The third-order valence-electron chi connectivity index (χ3n) is 5.01. The first kappa shape index (κ1) is 17.4. The lowest BCUT2D eigenvalue weighted by atomic mass is 9.93. The molecule has 7 nitrogen and oxygen atoms in total. The molecule has 7 heteroatoms. The molecule has 0 atom stereocenters. The van der Waals surface area contributed by atoms with E-state index in [1.54, 1.807) is 30.7 Å². The van der Waals surface area contributed by atoms with Gasteiger partial charge in [-0.1, -0.05) is 12.1 Å². The predicted octanol–water partition coefficient (Wildman–Crippen LogP) is 2.94. The van der Waals surface area contributed by atoms with E-state index in [2.05, 4.69) is 19.9 Å². The highest BCUT2D eigenvalue weighted by molar-refractivity contribution is 5.87. The Balaban J connectivity index is 1.36. The van der Waals surface area contributed by atoms with Gasteiger partial charge < -0.3 is 10.1 Å². The molecule has 1 aromatic carbocycles. The van der Waals surface area contributed by atoms with E-state index in [0.29, 0.717) is 11.5 Å². The summed E-state index contributed by atoms with van der Waals surface area (Å²) in [5, 5.41) is 8.99. The second kappa shape index (κ2) is 7.67. The van der Waals surface area contributed by atoms with Crippen molar-refractivity contribution in [3.05, 3.63) is 65.9 Å². The standard InChI is InChI=1S/C20H21N5O2/c26-20(27)16-3-1-14(2-4-16)13-25-9-5-15(6-10-25)17-11-21-12-18(24-17)19-22-7-8-23-19/h1-4,7-8,11-12,15H,5-6,9-10,13H2,(H,22,23)(H,26,27). The van der Waals surface area contributed by atoms with Crippen LogP contribution < -0.4 is 0 Å². The van der Waals surface area contributed by atoms with Gasteiger partial charge in [0.05, 0.1) is 17.5 Å². The molecule has 2 N–H and O–H groups in total. The second-order valence-electron chi connectivity index (χ2n) is 6.82. The first-order valence-electron chi connectivity index (χ1n) is 9.05. The van der Waals surface area contributed by atoms with Crippen molar-refractivity contribution in [2.75, 3.05) is 13.1 Å². The first-order chi connectivity index (χ1) is 13.2. The number of nitrogens with zero attached hydrogens (tertiary/aromatic N) is 4. The fourth-order valence-corrected chi connectivity index (χ4v) is 3.49. The smallest absolute Gasteiger partial charge is 0.335 e. The number of nitrogens with one attached hydrogen (secondary N) is 1. The molecule has 3 heterocycles. The summed E-state index contributed by atoms with van der Waals surface area (Å²) in [5.41, 5.74) is 3.26. The average Bonchev–Trinajstić information content (AvgIpc) is 3.24. The van der Waals surface area contributed by atoms with Crippen molar-refractivity contribution in [2.24, 2.45) is 0 Å². The van der Waals surface area contributed by atoms with Crippen LogP contribution >= 0.6 is 0 Å². The Hall–Kier alpha value is -3.06. The van der Waals surface area contributed by atoms with Gasteiger partial charge in [0.15, 0.2) is 5.82 Å². The zero-order chi connectivity index (χ0) is 18.6. The van der Waals surface area contributed by atoms with E-state index >= 15 is 0 Å². The van der Waals surface area contributed by atoms with Crippen LogP contribution in [0, 0.1) is 0 Å². The lowest BCUT2D eigenvalue weighted by Gasteiger charge is -2.31. The highest BCUT2D eigenvalue weighted by Crippen LogP contribution is 2.28. The first-order valence-corrected chi connectivity index (χ1v) is 9.05. The number of aromatic carboxylic acids is 1. The molecule has 1 aliphatic heterocycles. The van der Waals surface area contributed by atoms with E-state index in [1.165, 1.54) is 0 Å². The number of piperidine rings is 1. The van der Waals surface area contributed by atoms with E-state index in [0.717, 1.165) is 55.3 Å². The maximum Gasteiger partial charge on any atom is 0.335 e. The van der Waals surface area contributed by atoms with E-state index in [9.17, 15) is 4.79 Å². The maximum atomic E-state index is 10.9. The predicted molar refractivity (Wildman–Crippen MR) is 100 cm³/mol. The molecule has 1 saturated heterocycles. The minimum atomic E-state index is -0.889. The van der Waals surface area contributed by atoms with Crippen molar-refractivity contribution in [3.63, 3.8) is 0 Å². The number of hydrogen-bond acceptors (Lipinski definition) is 5. The number of carbonyl (C=O) groups is 1. The molecule has 1 aliphatic rings. The van der Waals surface area contributed by atoms with Gasteiger partial charge in [-0.05, 0) is 43.6 Å². The number of hydrogen-bond donors (Lipinski definition) is 2. The van der Waals surface area contributed by atoms with Gasteiger partial charge in [-0.3, -0.25) is 9.88 Å². The number of imidazole rings is 1. The van der Waals surface area contributed by atoms with Gasteiger partial charge in [-0.2, -0.15) is 0 Å². The van der Waals surface area contributed by atoms with Crippen LogP contribution in [0.2, 0.25) is 0 Å². The van der Waals surface area contributed by atoms with Crippen molar-refractivity contribution >= 4 is 5.97 Å². The monoisotopic (exact) mass is 363 g/mol. The van der Waals surface area contributed by atoms with Gasteiger partial charge in [0.2, 0.25) is 0 Å². The quantitative estimate of drug-likeness (QED) is 0.724. The SMILES string of the molecule is O=C(O)c1ccc(CN2CCC(c3cncc(-c4ncc[nH]4)n3)CC2)cc1. The van der Waals surface area contributed by atoms with Crippen molar-refractivity contribution in [3.8, 4) is 11.5 Å². The summed E-state index contributed by atoms with van der Waals surface area (Å²) >= 11 is 0. The molecule has 4 rings (SSSR count). The number of rotatable bonds is 5. The number of likely N-dealkylation sites (tertiary alicyclic amines) is 1. The number of carboxylic acid groups (broad SMARTS) is 1.